The maximum absolute atomic E-state index is 13.4. The smallest absolute Gasteiger partial charge is 0.332 e. The highest BCUT2D eigenvalue weighted by Gasteiger charge is 2.57. The van der Waals surface area contributed by atoms with Gasteiger partial charge in [-0.15, -0.1) is 0 Å². The number of methoxy groups -OCH3 is 1. The molecule has 3 aliphatic rings. The summed E-state index contributed by atoms with van der Waals surface area (Å²) in [6.45, 7) is 0.510. The zero-order valence-electron chi connectivity index (χ0n) is 16.9. The Balaban J connectivity index is 1.63. The lowest BCUT2D eigenvalue weighted by atomic mass is 9.81. The van der Waals surface area contributed by atoms with Gasteiger partial charge in [-0.1, -0.05) is 12.8 Å². The highest BCUT2D eigenvalue weighted by Crippen LogP contribution is 2.43. The molecule has 8 nitrogen and oxygen atoms in total. The number of hydrogen-bond donors (Lipinski definition) is 1. The monoisotopic (exact) mass is 419 g/mol. The van der Waals surface area contributed by atoms with Crippen molar-refractivity contribution in [1.29, 1.82) is 0 Å². The zero-order chi connectivity index (χ0) is 21.3. The van der Waals surface area contributed by atoms with Crippen LogP contribution in [0.15, 0.2) is 24.3 Å². The Hall–Kier alpha value is -2.52. The summed E-state index contributed by atoms with van der Waals surface area (Å²) in [6, 6.07) is 4.09. The number of anilines is 1. The summed E-state index contributed by atoms with van der Waals surface area (Å²) < 4.78 is 24.4. The van der Waals surface area contributed by atoms with Crippen LogP contribution < -0.4 is 10.2 Å². The van der Waals surface area contributed by atoms with Gasteiger partial charge in [0.1, 0.15) is 12.4 Å². The van der Waals surface area contributed by atoms with Gasteiger partial charge in [0.15, 0.2) is 6.10 Å². The van der Waals surface area contributed by atoms with Crippen molar-refractivity contribution in [1.82, 2.24) is 10.2 Å². The van der Waals surface area contributed by atoms with Crippen molar-refractivity contribution in [2.24, 2.45) is 5.92 Å². The molecule has 1 N–H and O–H groups in total. The highest BCUT2D eigenvalue weighted by atomic mass is 19.1. The van der Waals surface area contributed by atoms with Crippen molar-refractivity contribution < 1.29 is 28.2 Å². The number of urea groups is 1. The van der Waals surface area contributed by atoms with Gasteiger partial charge in [-0.25, -0.2) is 14.1 Å². The summed E-state index contributed by atoms with van der Waals surface area (Å²) in [4.78, 5) is 41.6. The van der Waals surface area contributed by atoms with Crippen molar-refractivity contribution in [2.75, 3.05) is 31.7 Å². The number of nitrogens with zero attached hydrogens (tertiary/aromatic N) is 2. The molecule has 2 saturated heterocycles. The number of amides is 4. The van der Waals surface area contributed by atoms with E-state index in [1.54, 1.807) is 0 Å². The molecule has 0 radical (unpaired) electrons. The van der Waals surface area contributed by atoms with Crippen molar-refractivity contribution >= 4 is 23.5 Å². The fourth-order valence-electron chi connectivity index (χ4n) is 4.76. The molecule has 0 aromatic heterocycles. The summed E-state index contributed by atoms with van der Waals surface area (Å²) in [6.07, 6.45) is 2.78. The maximum atomic E-state index is 13.4. The van der Waals surface area contributed by atoms with Crippen LogP contribution >= 0.6 is 0 Å². The number of fused-ring (bicyclic) bond motifs is 3. The molecular weight excluding hydrogens is 393 g/mol. The molecule has 30 heavy (non-hydrogen) atoms. The number of benzene rings is 1. The summed E-state index contributed by atoms with van der Waals surface area (Å²) >= 11 is 0. The van der Waals surface area contributed by atoms with Crippen molar-refractivity contribution in [2.45, 2.75) is 43.9 Å². The second kappa shape index (κ2) is 8.69. The number of carbonyl (C=O) groups is 3. The highest BCUT2D eigenvalue weighted by molar-refractivity contribution is 6.18. The average Bonchev–Trinajstić information content (AvgIpc) is 3.13. The fraction of sp³-hybridized carbons (Fsp3) is 0.571. The second-order valence-corrected chi connectivity index (χ2v) is 7.94. The van der Waals surface area contributed by atoms with Crippen LogP contribution in [0.4, 0.5) is 14.9 Å². The lowest BCUT2D eigenvalue weighted by molar-refractivity contribution is -0.134. The Bertz CT molecular complexity index is 817. The van der Waals surface area contributed by atoms with E-state index in [9.17, 15) is 18.8 Å². The van der Waals surface area contributed by atoms with E-state index in [0.29, 0.717) is 13.2 Å². The summed E-state index contributed by atoms with van der Waals surface area (Å²) in [5.74, 6) is -1.22. The lowest BCUT2D eigenvalue weighted by Gasteiger charge is -2.42. The van der Waals surface area contributed by atoms with Crippen LogP contribution in [0, 0.1) is 11.7 Å². The van der Waals surface area contributed by atoms with Gasteiger partial charge in [0.2, 0.25) is 5.91 Å². The summed E-state index contributed by atoms with van der Waals surface area (Å²) in [7, 11) is 1.54. The van der Waals surface area contributed by atoms with Gasteiger partial charge < -0.3 is 19.7 Å². The number of carbonyl (C=O) groups excluding carboxylic acids is 3. The van der Waals surface area contributed by atoms with Gasteiger partial charge in [-0.2, -0.15) is 0 Å². The van der Waals surface area contributed by atoms with Crippen LogP contribution in [0.3, 0.4) is 0 Å². The zero-order valence-corrected chi connectivity index (χ0v) is 16.9. The average molecular weight is 419 g/mol. The van der Waals surface area contributed by atoms with Crippen LogP contribution in [-0.4, -0.2) is 67.8 Å². The van der Waals surface area contributed by atoms with Gasteiger partial charge in [-0.05, 0) is 37.1 Å². The van der Waals surface area contributed by atoms with Crippen molar-refractivity contribution in [3.8, 4) is 0 Å². The van der Waals surface area contributed by atoms with E-state index in [-0.39, 0.29) is 30.2 Å². The molecule has 4 atom stereocenters. The number of ether oxygens (including phenoxy) is 2. The molecule has 1 aromatic carbocycles. The Morgan fingerprint density at radius 2 is 1.97 bits per heavy atom. The molecule has 4 rings (SSSR count). The molecule has 2 aliphatic heterocycles. The van der Waals surface area contributed by atoms with E-state index < -0.39 is 29.9 Å². The first-order valence-electron chi connectivity index (χ1n) is 10.3. The third kappa shape index (κ3) is 3.79. The molecule has 9 heteroatoms. The van der Waals surface area contributed by atoms with E-state index >= 15 is 0 Å². The lowest BCUT2D eigenvalue weighted by Crippen LogP contribution is -2.66. The predicted octanol–water partition coefficient (Wildman–Crippen LogP) is 1.68. The van der Waals surface area contributed by atoms with Crippen LogP contribution in [0.1, 0.15) is 25.7 Å². The first-order chi connectivity index (χ1) is 14.5. The van der Waals surface area contributed by atoms with E-state index in [1.807, 2.05) is 0 Å². The molecule has 1 aliphatic carbocycles. The van der Waals surface area contributed by atoms with E-state index in [1.165, 1.54) is 36.3 Å². The van der Waals surface area contributed by atoms with Crippen LogP contribution in [0.5, 0.6) is 0 Å². The number of hydrogen-bond acceptors (Lipinski definition) is 5. The molecule has 162 valence electrons. The van der Waals surface area contributed by atoms with Gasteiger partial charge in [0.05, 0.1) is 24.4 Å². The molecule has 3 fully saturated rings. The van der Waals surface area contributed by atoms with Crippen molar-refractivity contribution in [3.05, 3.63) is 30.1 Å². The molecule has 0 bridgehead atoms. The van der Waals surface area contributed by atoms with E-state index in [2.05, 4.69) is 5.32 Å². The minimum Gasteiger partial charge on any atom is -0.383 e. The standard InChI is InChI=1S/C21H26FN3O5/c1-29-11-10-23-17(26)12-24-18-15-4-2-3-5-16(15)30-19(18)20(27)25(21(24)28)14-8-6-13(22)7-9-14/h6-9,15-16,18-19H,2-5,10-12H2,1H3,(H,23,26). The molecule has 4 amide bonds. The van der Waals surface area contributed by atoms with E-state index in [0.717, 1.165) is 30.6 Å². The number of imide groups is 1. The predicted molar refractivity (Wildman–Crippen MR) is 105 cm³/mol. The Morgan fingerprint density at radius 3 is 2.70 bits per heavy atom. The molecule has 1 aromatic rings. The first kappa shape index (κ1) is 20.7. The minimum absolute atomic E-state index is 0.0267. The Morgan fingerprint density at radius 1 is 1.23 bits per heavy atom. The van der Waals surface area contributed by atoms with Gasteiger partial charge in [-0.3, -0.25) is 9.59 Å². The SMILES string of the molecule is COCCNC(=O)CN1C(=O)N(c2ccc(F)cc2)C(=O)C2OC3CCCCC3C21. The molecule has 4 unspecified atom stereocenters. The summed E-state index contributed by atoms with van der Waals surface area (Å²) in [5.41, 5.74) is 0.258. The molecular formula is C21H26FN3O5. The minimum atomic E-state index is -0.826. The van der Waals surface area contributed by atoms with Gasteiger partial charge in [0, 0.05) is 19.6 Å². The Kier molecular flexibility index (Phi) is 6.01. The molecule has 0 spiro atoms. The normalized spacial score (nSPS) is 28.3. The third-order valence-corrected chi connectivity index (χ3v) is 6.11. The fourth-order valence-corrected chi connectivity index (χ4v) is 4.76. The number of halogens is 1. The van der Waals surface area contributed by atoms with Crippen LogP contribution in [0.2, 0.25) is 0 Å². The number of nitrogens with one attached hydrogen (secondary N) is 1. The molecule has 2 heterocycles. The van der Waals surface area contributed by atoms with Crippen molar-refractivity contribution in [3.63, 3.8) is 0 Å². The largest absolute Gasteiger partial charge is 0.383 e. The van der Waals surface area contributed by atoms with E-state index in [4.69, 9.17) is 9.47 Å². The second-order valence-electron chi connectivity index (χ2n) is 7.94. The van der Waals surface area contributed by atoms with Gasteiger partial charge >= 0.3 is 6.03 Å². The third-order valence-electron chi connectivity index (χ3n) is 6.11. The molecule has 1 saturated carbocycles. The first-order valence-corrected chi connectivity index (χ1v) is 10.3. The summed E-state index contributed by atoms with van der Waals surface area (Å²) in [5, 5.41) is 2.72. The Labute approximate surface area is 174 Å². The van der Waals surface area contributed by atoms with Gasteiger partial charge in [0.25, 0.3) is 5.91 Å². The van der Waals surface area contributed by atoms with Crippen LogP contribution in [-0.2, 0) is 19.1 Å². The number of rotatable bonds is 6. The maximum Gasteiger partial charge on any atom is 0.332 e. The topological polar surface area (TPSA) is 88.2 Å². The van der Waals surface area contributed by atoms with Crippen LogP contribution in [0.25, 0.3) is 0 Å². The quantitative estimate of drug-likeness (QED) is 0.709.